The van der Waals surface area contributed by atoms with Gasteiger partial charge < -0.3 is 15.5 Å². The van der Waals surface area contributed by atoms with E-state index >= 15 is 0 Å². The van der Waals surface area contributed by atoms with Gasteiger partial charge in [-0.2, -0.15) is 0 Å². The normalized spacial score (nSPS) is 18.2. The first-order valence-electron chi connectivity index (χ1n) is 8.80. The summed E-state index contributed by atoms with van der Waals surface area (Å²) in [6.07, 6.45) is 0. The number of rotatable bonds is 4. The predicted octanol–water partition coefficient (Wildman–Crippen LogP) is 2.38. The van der Waals surface area contributed by atoms with E-state index in [0.717, 1.165) is 26.2 Å². The van der Waals surface area contributed by atoms with E-state index in [2.05, 4.69) is 58.7 Å². The molecule has 0 unspecified atom stereocenters. The summed E-state index contributed by atoms with van der Waals surface area (Å²) in [7, 11) is 2.16. The van der Waals surface area contributed by atoms with Crippen molar-refractivity contribution in [2.45, 2.75) is 39.3 Å². The number of piperazine rings is 1. The van der Waals surface area contributed by atoms with Gasteiger partial charge in [-0.05, 0) is 40.3 Å². The van der Waals surface area contributed by atoms with Crippen LogP contribution in [0.5, 0.6) is 0 Å². The molecule has 0 bridgehead atoms. The van der Waals surface area contributed by atoms with Crippen LogP contribution < -0.4 is 10.6 Å². The maximum atomic E-state index is 12.1. The molecule has 1 saturated heterocycles. The molecule has 5 nitrogen and oxygen atoms in total. The number of amides is 2. The third-order valence-corrected chi connectivity index (χ3v) is 4.39. The lowest BCUT2D eigenvalue weighted by molar-refractivity contribution is 0.111. The topological polar surface area (TPSA) is 47.6 Å². The number of nitrogens with zero attached hydrogens (tertiary/aromatic N) is 2. The van der Waals surface area contributed by atoms with Crippen molar-refractivity contribution in [2.75, 3.05) is 39.8 Å². The SMILES string of the molecule is Cc1ccc([C@H](CNC(=O)NC(C)(C)C)N2CCN(C)CC2)cc1. The lowest BCUT2D eigenvalue weighted by atomic mass is 10.0. The number of hydrogen-bond donors (Lipinski definition) is 2. The van der Waals surface area contributed by atoms with Gasteiger partial charge in [0.25, 0.3) is 0 Å². The van der Waals surface area contributed by atoms with Crippen LogP contribution in [0.25, 0.3) is 0 Å². The van der Waals surface area contributed by atoms with Crippen molar-refractivity contribution >= 4 is 6.03 Å². The molecule has 24 heavy (non-hydrogen) atoms. The van der Waals surface area contributed by atoms with Crippen molar-refractivity contribution in [3.63, 3.8) is 0 Å². The predicted molar refractivity (Wildman–Crippen MR) is 99.3 cm³/mol. The zero-order valence-electron chi connectivity index (χ0n) is 15.7. The van der Waals surface area contributed by atoms with Crippen molar-refractivity contribution in [1.29, 1.82) is 0 Å². The summed E-state index contributed by atoms with van der Waals surface area (Å²) in [6, 6.07) is 8.77. The average Bonchev–Trinajstić information content (AvgIpc) is 2.49. The van der Waals surface area contributed by atoms with Crippen molar-refractivity contribution in [3.05, 3.63) is 35.4 Å². The Morgan fingerprint density at radius 1 is 1.12 bits per heavy atom. The van der Waals surface area contributed by atoms with Crippen LogP contribution >= 0.6 is 0 Å². The van der Waals surface area contributed by atoms with Gasteiger partial charge in [0.15, 0.2) is 0 Å². The van der Waals surface area contributed by atoms with Crippen molar-refractivity contribution < 1.29 is 4.79 Å². The quantitative estimate of drug-likeness (QED) is 0.890. The van der Waals surface area contributed by atoms with E-state index in [1.165, 1.54) is 11.1 Å². The molecule has 0 saturated carbocycles. The molecule has 1 heterocycles. The smallest absolute Gasteiger partial charge is 0.315 e. The van der Waals surface area contributed by atoms with E-state index in [0.29, 0.717) is 6.54 Å². The highest BCUT2D eigenvalue weighted by Gasteiger charge is 2.24. The van der Waals surface area contributed by atoms with E-state index in [4.69, 9.17) is 0 Å². The zero-order chi connectivity index (χ0) is 17.7. The van der Waals surface area contributed by atoms with Crippen molar-refractivity contribution in [3.8, 4) is 0 Å². The van der Waals surface area contributed by atoms with Crippen molar-refractivity contribution in [2.24, 2.45) is 0 Å². The summed E-state index contributed by atoms with van der Waals surface area (Å²) in [5.41, 5.74) is 2.30. The Morgan fingerprint density at radius 3 is 2.25 bits per heavy atom. The fourth-order valence-electron chi connectivity index (χ4n) is 2.95. The standard InChI is InChI=1S/C19H32N4O/c1-15-6-8-16(9-7-15)17(23-12-10-22(5)11-13-23)14-20-18(24)21-19(2,3)4/h6-9,17H,10-14H2,1-5H3,(H2,20,21,24)/t17-/m0/s1. The van der Waals surface area contributed by atoms with Gasteiger partial charge >= 0.3 is 6.03 Å². The summed E-state index contributed by atoms with van der Waals surface area (Å²) in [6.45, 7) is 12.9. The number of aryl methyl sites for hydroxylation is 1. The molecular formula is C19H32N4O. The van der Waals surface area contributed by atoms with Gasteiger partial charge in [-0.25, -0.2) is 4.79 Å². The third-order valence-electron chi connectivity index (χ3n) is 4.39. The van der Waals surface area contributed by atoms with Crippen LogP contribution in [0.4, 0.5) is 4.79 Å². The van der Waals surface area contributed by atoms with Crippen LogP contribution in [0.1, 0.15) is 37.9 Å². The first kappa shape index (κ1) is 18.7. The number of urea groups is 1. The molecule has 5 heteroatoms. The second-order valence-electron chi connectivity index (χ2n) is 7.85. The number of nitrogens with one attached hydrogen (secondary N) is 2. The highest BCUT2D eigenvalue weighted by Crippen LogP contribution is 2.22. The molecule has 1 aromatic rings. The summed E-state index contributed by atoms with van der Waals surface area (Å²) < 4.78 is 0. The molecule has 2 rings (SSSR count). The van der Waals surface area contributed by atoms with Crippen molar-refractivity contribution in [1.82, 2.24) is 20.4 Å². The molecule has 134 valence electrons. The molecular weight excluding hydrogens is 300 g/mol. The third kappa shape index (κ3) is 5.80. The molecule has 2 N–H and O–H groups in total. The zero-order valence-corrected chi connectivity index (χ0v) is 15.7. The molecule has 0 radical (unpaired) electrons. The summed E-state index contributed by atoms with van der Waals surface area (Å²) in [4.78, 5) is 17.0. The van der Waals surface area contributed by atoms with Crippen LogP contribution in [0.15, 0.2) is 24.3 Å². The lowest BCUT2D eigenvalue weighted by Gasteiger charge is -2.38. The second kappa shape index (κ2) is 7.99. The fourth-order valence-corrected chi connectivity index (χ4v) is 2.95. The molecule has 1 fully saturated rings. The Labute approximate surface area is 146 Å². The molecule has 0 aliphatic carbocycles. The number of hydrogen-bond acceptors (Lipinski definition) is 3. The second-order valence-corrected chi connectivity index (χ2v) is 7.85. The van der Waals surface area contributed by atoms with E-state index in [1.807, 2.05) is 20.8 Å². The van der Waals surface area contributed by atoms with Gasteiger partial charge in [-0.15, -0.1) is 0 Å². The first-order chi connectivity index (χ1) is 11.2. The lowest BCUT2D eigenvalue weighted by Crippen LogP contribution is -2.51. The first-order valence-corrected chi connectivity index (χ1v) is 8.80. The summed E-state index contributed by atoms with van der Waals surface area (Å²) >= 11 is 0. The minimum atomic E-state index is -0.225. The minimum Gasteiger partial charge on any atom is -0.336 e. The molecule has 1 aliphatic rings. The van der Waals surface area contributed by atoms with E-state index in [1.54, 1.807) is 0 Å². The fraction of sp³-hybridized carbons (Fsp3) is 0.632. The van der Waals surface area contributed by atoms with Gasteiger partial charge in [0, 0.05) is 38.3 Å². The molecule has 1 aliphatic heterocycles. The van der Waals surface area contributed by atoms with Gasteiger partial charge in [-0.3, -0.25) is 4.90 Å². The molecule has 0 spiro atoms. The molecule has 1 aromatic carbocycles. The van der Waals surface area contributed by atoms with Crippen LogP contribution in [0.2, 0.25) is 0 Å². The monoisotopic (exact) mass is 332 g/mol. The Bertz CT molecular complexity index is 527. The molecule has 2 amide bonds. The Hall–Kier alpha value is -1.59. The molecule has 0 aromatic heterocycles. The van der Waals surface area contributed by atoms with Gasteiger partial charge in [0.1, 0.15) is 0 Å². The Kier molecular flexibility index (Phi) is 6.24. The Morgan fingerprint density at radius 2 is 1.71 bits per heavy atom. The summed E-state index contributed by atoms with van der Waals surface area (Å²) in [5.74, 6) is 0. The van der Waals surface area contributed by atoms with E-state index < -0.39 is 0 Å². The van der Waals surface area contributed by atoms with Gasteiger partial charge in [0.2, 0.25) is 0 Å². The number of likely N-dealkylation sites (N-methyl/N-ethyl adjacent to an activating group) is 1. The largest absolute Gasteiger partial charge is 0.336 e. The van der Waals surface area contributed by atoms with Crippen LogP contribution in [-0.4, -0.2) is 61.1 Å². The number of carbonyl (C=O) groups is 1. The van der Waals surface area contributed by atoms with Crippen LogP contribution in [0.3, 0.4) is 0 Å². The number of carbonyl (C=O) groups excluding carboxylic acids is 1. The Balaban J connectivity index is 2.05. The van der Waals surface area contributed by atoms with Gasteiger partial charge in [0.05, 0.1) is 6.04 Å². The highest BCUT2D eigenvalue weighted by atomic mass is 16.2. The highest BCUT2D eigenvalue weighted by molar-refractivity contribution is 5.74. The average molecular weight is 332 g/mol. The van der Waals surface area contributed by atoms with Gasteiger partial charge in [-0.1, -0.05) is 29.8 Å². The van der Waals surface area contributed by atoms with Crippen LogP contribution in [-0.2, 0) is 0 Å². The minimum absolute atomic E-state index is 0.103. The number of benzene rings is 1. The van der Waals surface area contributed by atoms with E-state index in [-0.39, 0.29) is 17.6 Å². The van der Waals surface area contributed by atoms with Crippen LogP contribution in [0, 0.1) is 6.92 Å². The molecule has 1 atom stereocenters. The maximum Gasteiger partial charge on any atom is 0.315 e. The summed E-state index contributed by atoms with van der Waals surface area (Å²) in [5, 5.41) is 6.02. The maximum absolute atomic E-state index is 12.1. The van der Waals surface area contributed by atoms with E-state index in [9.17, 15) is 4.79 Å².